The summed E-state index contributed by atoms with van der Waals surface area (Å²) in [6.07, 6.45) is 2.07. The van der Waals surface area contributed by atoms with E-state index >= 15 is 0 Å². The first-order valence-electron chi connectivity index (χ1n) is 5.33. The van der Waals surface area contributed by atoms with Crippen LogP contribution in [-0.2, 0) is 9.47 Å². The van der Waals surface area contributed by atoms with Crippen molar-refractivity contribution in [2.45, 2.75) is 12.8 Å². The van der Waals surface area contributed by atoms with Crippen LogP contribution < -0.4 is 10.6 Å². The zero-order chi connectivity index (χ0) is 10.5. The summed E-state index contributed by atoms with van der Waals surface area (Å²) in [6.45, 7) is 5.53. The largest absolute Gasteiger partial charge is 0.385 e. The molecule has 2 N–H and O–H groups in total. The highest BCUT2D eigenvalue weighted by molar-refractivity contribution is 4.48. The Hall–Kier alpha value is -0.160. The van der Waals surface area contributed by atoms with Crippen LogP contribution in [-0.4, -0.2) is 53.6 Å². The lowest BCUT2D eigenvalue weighted by Gasteiger charge is -2.05. The Morgan fingerprint density at radius 3 is 2.43 bits per heavy atom. The van der Waals surface area contributed by atoms with Crippen molar-refractivity contribution in [1.29, 1.82) is 0 Å². The zero-order valence-electron chi connectivity index (χ0n) is 9.47. The second-order valence-electron chi connectivity index (χ2n) is 3.17. The minimum Gasteiger partial charge on any atom is -0.385 e. The van der Waals surface area contributed by atoms with Gasteiger partial charge in [0.05, 0.1) is 0 Å². The molecule has 4 nitrogen and oxygen atoms in total. The van der Waals surface area contributed by atoms with Gasteiger partial charge in [-0.2, -0.15) is 0 Å². The summed E-state index contributed by atoms with van der Waals surface area (Å²) < 4.78 is 10.3. The predicted molar refractivity (Wildman–Crippen MR) is 58.7 cm³/mol. The fourth-order valence-corrected chi connectivity index (χ4v) is 1.05. The third kappa shape index (κ3) is 11.8. The number of nitrogens with one attached hydrogen (secondary N) is 2. The van der Waals surface area contributed by atoms with Crippen molar-refractivity contribution in [2.24, 2.45) is 0 Å². The summed E-state index contributed by atoms with van der Waals surface area (Å²) in [5.41, 5.74) is 0. The van der Waals surface area contributed by atoms with Crippen LogP contribution in [0, 0.1) is 0 Å². The van der Waals surface area contributed by atoms with Crippen molar-refractivity contribution in [3.05, 3.63) is 0 Å². The first kappa shape index (κ1) is 13.8. The van der Waals surface area contributed by atoms with Crippen molar-refractivity contribution in [2.75, 3.05) is 53.6 Å². The van der Waals surface area contributed by atoms with Gasteiger partial charge in [-0.25, -0.2) is 0 Å². The van der Waals surface area contributed by atoms with Gasteiger partial charge in [0.2, 0.25) is 0 Å². The second-order valence-corrected chi connectivity index (χ2v) is 3.17. The highest BCUT2D eigenvalue weighted by Crippen LogP contribution is 1.85. The molecule has 0 amide bonds. The van der Waals surface area contributed by atoms with Gasteiger partial charge in [0, 0.05) is 40.0 Å². The number of hydrogen-bond donors (Lipinski definition) is 2. The topological polar surface area (TPSA) is 42.5 Å². The zero-order valence-corrected chi connectivity index (χ0v) is 9.47. The fourth-order valence-electron chi connectivity index (χ4n) is 1.05. The molecule has 0 aromatic rings. The van der Waals surface area contributed by atoms with Gasteiger partial charge >= 0.3 is 0 Å². The Balaban J connectivity index is 2.78. The molecule has 0 aliphatic carbocycles. The van der Waals surface area contributed by atoms with E-state index in [9.17, 15) is 0 Å². The number of rotatable bonds is 11. The highest BCUT2D eigenvalue weighted by Gasteiger charge is 1.89. The monoisotopic (exact) mass is 204 g/mol. The summed E-state index contributed by atoms with van der Waals surface area (Å²) in [6, 6.07) is 0. The third-order valence-electron chi connectivity index (χ3n) is 1.83. The molecule has 4 heteroatoms. The first-order chi connectivity index (χ1) is 6.91. The van der Waals surface area contributed by atoms with E-state index < -0.39 is 0 Å². The lowest BCUT2D eigenvalue weighted by molar-refractivity contribution is 0.101. The Labute approximate surface area is 87.4 Å². The molecule has 0 aliphatic heterocycles. The van der Waals surface area contributed by atoms with E-state index in [1.54, 1.807) is 7.11 Å². The molecule has 86 valence electrons. The van der Waals surface area contributed by atoms with Crippen LogP contribution >= 0.6 is 0 Å². The summed E-state index contributed by atoms with van der Waals surface area (Å²) in [7, 11) is 3.67. The van der Waals surface area contributed by atoms with Crippen LogP contribution in [0.4, 0.5) is 0 Å². The van der Waals surface area contributed by atoms with Gasteiger partial charge in [0.25, 0.3) is 0 Å². The first-order valence-corrected chi connectivity index (χ1v) is 5.33. The van der Waals surface area contributed by atoms with E-state index in [2.05, 4.69) is 10.6 Å². The summed E-state index contributed by atoms with van der Waals surface area (Å²) in [5.74, 6) is 0. The van der Waals surface area contributed by atoms with E-state index in [4.69, 9.17) is 9.47 Å². The Morgan fingerprint density at radius 2 is 1.71 bits per heavy atom. The Bertz CT molecular complexity index is 90.1. The van der Waals surface area contributed by atoms with Crippen molar-refractivity contribution in [1.82, 2.24) is 10.6 Å². The van der Waals surface area contributed by atoms with Crippen molar-refractivity contribution >= 4 is 0 Å². The van der Waals surface area contributed by atoms with Gasteiger partial charge in [-0.1, -0.05) is 0 Å². The van der Waals surface area contributed by atoms with Crippen molar-refractivity contribution in [3.63, 3.8) is 0 Å². The molecule has 0 unspecified atom stereocenters. The molecule has 0 saturated heterocycles. The molecular weight excluding hydrogens is 180 g/mol. The fraction of sp³-hybridized carbons (Fsp3) is 1.00. The normalized spacial score (nSPS) is 10.7. The Morgan fingerprint density at radius 1 is 0.929 bits per heavy atom. The van der Waals surface area contributed by atoms with E-state index in [-0.39, 0.29) is 0 Å². The smallest absolute Gasteiger partial charge is 0.0487 e. The average molecular weight is 204 g/mol. The minimum atomic E-state index is 0.792. The number of ether oxygens (including phenoxy) is 2. The number of hydrogen-bond acceptors (Lipinski definition) is 4. The predicted octanol–water partition coefficient (Wildman–Crippen LogP) is 0.239. The Kier molecular flexibility index (Phi) is 12.7. The van der Waals surface area contributed by atoms with Crippen LogP contribution in [0.3, 0.4) is 0 Å². The average Bonchev–Trinajstić information content (AvgIpc) is 2.21. The van der Waals surface area contributed by atoms with E-state index in [1.807, 2.05) is 7.05 Å². The number of methoxy groups -OCH3 is 1. The molecule has 0 heterocycles. The lowest BCUT2D eigenvalue weighted by atomic mass is 10.4. The SMILES string of the molecule is CNCCNCCCOCCCOC. The molecule has 0 aliphatic rings. The molecule has 0 fully saturated rings. The summed E-state index contributed by atoms with van der Waals surface area (Å²) in [5, 5.41) is 6.41. The highest BCUT2D eigenvalue weighted by atomic mass is 16.5. The molecule has 0 saturated carbocycles. The van der Waals surface area contributed by atoms with Crippen LogP contribution in [0.2, 0.25) is 0 Å². The van der Waals surface area contributed by atoms with E-state index in [0.29, 0.717) is 0 Å². The molecule has 0 aromatic heterocycles. The van der Waals surface area contributed by atoms with Gasteiger partial charge in [-0.05, 0) is 26.4 Å². The van der Waals surface area contributed by atoms with Crippen LogP contribution in [0.5, 0.6) is 0 Å². The standard InChI is InChI=1S/C10H24N2O2/c1-11-6-7-12-5-3-9-14-10-4-8-13-2/h11-12H,3-10H2,1-2H3. The maximum atomic E-state index is 5.41. The van der Waals surface area contributed by atoms with Crippen molar-refractivity contribution in [3.8, 4) is 0 Å². The van der Waals surface area contributed by atoms with Gasteiger partial charge in [0.15, 0.2) is 0 Å². The summed E-state index contributed by atoms with van der Waals surface area (Å²) in [4.78, 5) is 0. The van der Waals surface area contributed by atoms with Crippen molar-refractivity contribution < 1.29 is 9.47 Å². The molecule has 0 radical (unpaired) electrons. The molecule has 0 atom stereocenters. The van der Waals surface area contributed by atoms with Crippen LogP contribution in [0.1, 0.15) is 12.8 Å². The molecule has 0 rings (SSSR count). The van der Waals surface area contributed by atoms with Crippen LogP contribution in [0.25, 0.3) is 0 Å². The maximum Gasteiger partial charge on any atom is 0.0487 e. The maximum absolute atomic E-state index is 5.41. The van der Waals surface area contributed by atoms with E-state index in [0.717, 1.165) is 52.3 Å². The van der Waals surface area contributed by atoms with Gasteiger partial charge < -0.3 is 20.1 Å². The lowest BCUT2D eigenvalue weighted by Crippen LogP contribution is -2.26. The molecule has 14 heavy (non-hydrogen) atoms. The van der Waals surface area contributed by atoms with Crippen LogP contribution in [0.15, 0.2) is 0 Å². The summed E-state index contributed by atoms with van der Waals surface area (Å²) >= 11 is 0. The minimum absolute atomic E-state index is 0.792. The molecule has 0 spiro atoms. The molecule has 0 aromatic carbocycles. The molecular formula is C10H24N2O2. The van der Waals surface area contributed by atoms with Gasteiger partial charge in [-0.15, -0.1) is 0 Å². The van der Waals surface area contributed by atoms with Gasteiger partial charge in [-0.3, -0.25) is 0 Å². The van der Waals surface area contributed by atoms with E-state index in [1.165, 1.54) is 0 Å². The quantitative estimate of drug-likeness (QED) is 0.473. The third-order valence-corrected chi connectivity index (χ3v) is 1.83. The number of likely N-dealkylation sites (N-methyl/N-ethyl adjacent to an activating group) is 1. The molecule has 0 bridgehead atoms. The van der Waals surface area contributed by atoms with Gasteiger partial charge in [0.1, 0.15) is 0 Å². The second kappa shape index (κ2) is 12.8.